The van der Waals surface area contributed by atoms with Crippen molar-refractivity contribution in [3.63, 3.8) is 0 Å². The number of ether oxygens (including phenoxy) is 1. The molecule has 1 unspecified atom stereocenters. The van der Waals surface area contributed by atoms with Crippen LogP contribution in [0.3, 0.4) is 0 Å². The molecule has 1 aliphatic heterocycles. The molecule has 5 nitrogen and oxygen atoms in total. The van der Waals surface area contributed by atoms with Crippen molar-refractivity contribution in [2.45, 2.75) is 44.4 Å². The Morgan fingerprint density at radius 2 is 2.00 bits per heavy atom. The van der Waals surface area contributed by atoms with Gasteiger partial charge in [0.25, 0.3) is 6.47 Å². The quantitative estimate of drug-likeness (QED) is 0.730. The first kappa shape index (κ1) is 17.6. The zero-order valence-electron chi connectivity index (χ0n) is 12.9. The fourth-order valence-corrected chi connectivity index (χ4v) is 2.11. The van der Waals surface area contributed by atoms with Gasteiger partial charge in [-0.05, 0) is 32.8 Å². The van der Waals surface area contributed by atoms with Crippen LogP contribution in [0.2, 0.25) is 0 Å². The molecule has 1 aromatic carbocycles. The summed E-state index contributed by atoms with van der Waals surface area (Å²) in [5, 5.41) is 22.4. The largest absolute Gasteiger partial charge is 0.462 e. The summed E-state index contributed by atoms with van der Waals surface area (Å²) in [6.07, 6.45) is 0.577. The third-order valence-corrected chi connectivity index (χ3v) is 3.20. The van der Waals surface area contributed by atoms with Gasteiger partial charge in [0, 0.05) is 12.6 Å². The van der Waals surface area contributed by atoms with Crippen molar-refractivity contribution in [2.75, 3.05) is 13.2 Å². The number of hydrogen-bond donors (Lipinski definition) is 3. The SMILES string of the molecule is CC(C)(C)OC=O.OC[C@@H]1CC(O)(c2ccccc2)CN1. The number of rotatable bonds is 3. The van der Waals surface area contributed by atoms with Gasteiger partial charge in [0.15, 0.2) is 0 Å². The zero-order chi connectivity index (χ0) is 15.9. The number of β-amino-alcohol motifs (C(OH)–C–C–N with tert-alkyl or cyclic N) is 1. The van der Waals surface area contributed by atoms with Crippen LogP contribution < -0.4 is 5.32 Å². The highest BCUT2D eigenvalue weighted by atomic mass is 16.5. The lowest BCUT2D eigenvalue weighted by Crippen LogP contribution is -2.28. The molecule has 1 aromatic rings. The van der Waals surface area contributed by atoms with Crippen molar-refractivity contribution in [2.24, 2.45) is 0 Å². The first-order valence-corrected chi connectivity index (χ1v) is 7.04. The summed E-state index contributed by atoms with van der Waals surface area (Å²) in [5.41, 5.74) is -0.209. The predicted octanol–water partition coefficient (Wildman–Crippen LogP) is 1.19. The van der Waals surface area contributed by atoms with Gasteiger partial charge in [-0.25, -0.2) is 0 Å². The van der Waals surface area contributed by atoms with E-state index in [1.54, 1.807) is 0 Å². The average molecular weight is 295 g/mol. The summed E-state index contributed by atoms with van der Waals surface area (Å²) in [4.78, 5) is 9.60. The molecular formula is C16H25NO4. The van der Waals surface area contributed by atoms with Crippen molar-refractivity contribution >= 4 is 6.47 Å². The lowest BCUT2D eigenvalue weighted by Gasteiger charge is -2.21. The van der Waals surface area contributed by atoms with Crippen LogP contribution in [-0.4, -0.2) is 41.5 Å². The molecule has 0 saturated carbocycles. The van der Waals surface area contributed by atoms with Gasteiger partial charge >= 0.3 is 0 Å². The Bertz CT molecular complexity index is 430. The van der Waals surface area contributed by atoms with Crippen LogP contribution in [-0.2, 0) is 15.1 Å². The second-order valence-corrected chi connectivity index (χ2v) is 6.19. The standard InChI is InChI=1S/C11H15NO2.C5H10O2/c13-7-10-6-11(14,8-12-10)9-4-2-1-3-5-9;1-5(2,3)7-4-6/h1-5,10,12-14H,6-8H2;4H,1-3H3/t10-,11?;/m0./s1. The second kappa shape index (κ2) is 7.54. The van der Waals surface area contributed by atoms with Crippen LogP contribution in [0.4, 0.5) is 0 Å². The number of nitrogens with one attached hydrogen (secondary N) is 1. The van der Waals surface area contributed by atoms with Crippen molar-refractivity contribution in [3.05, 3.63) is 35.9 Å². The minimum absolute atomic E-state index is 0.0141. The maximum absolute atomic E-state index is 10.3. The minimum Gasteiger partial charge on any atom is -0.462 e. The van der Waals surface area contributed by atoms with E-state index in [4.69, 9.17) is 5.11 Å². The predicted molar refractivity (Wildman–Crippen MR) is 80.7 cm³/mol. The Morgan fingerprint density at radius 3 is 2.38 bits per heavy atom. The zero-order valence-corrected chi connectivity index (χ0v) is 12.9. The van der Waals surface area contributed by atoms with Crippen LogP contribution in [0.25, 0.3) is 0 Å². The number of carbonyl (C=O) groups is 1. The number of benzene rings is 1. The van der Waals surface area contributed by atoms with E-state index in [0.29, 0.717) is 19.4 Å². The highest BCUT2D eigenvalue weighted by molar-refractivity contribution is 5.37. The Kier molecular flexibility index (Phi) is 6.33. The van der Waals surface area contributed by atoms with E-state index >= 15 is 0 Å². The molecule has 0 bridgehead atoms. The normalized spacial score (nSPS) is 24.9. The van der Waals surface area contributed by atoms with Gasteiger partial charge < -0.3 is 20.3 Å². The van der Waals surface area contributed by atoms with E-state index in [1.807, 2.05) is 51.1 Å². The molecule has 1 aliphatic rings. The van der Waals surface area contributed by atoms with E-state index in [2.05, 4.69) is 10.1 Å². The Balaban J connectivity index is 0.000000270. The molecule has 3 N–H and O–H groups in total. The molecular weight excluding hydrogens is 270 g/mol. The van der Waals surface area contributed by atoms with Crippen molar-refractivity contribution < 1.29 is 19.7 Å². The molecule has 2 rings (SSSR count). The van der Waals surface area contributed by atoms with Gasteiger partial charge in [0.2, 0.25) is 0 Å². The first-order valence-electron chi connectivity index (χ1n) is 7.04. The average Bonchev–Trinajstić information content (AvgIpc) is 2.82. The summed E-state index contributed by atoms with van der Waals surface area (Å²) in [6, 6.07) is 9.61. The maximum Gasteiger partial charge on any atom is 0.293 e. The Morgan fingerprint density at radius 1 is 1.38 bits per heavy atom. The van der Waals surface area contributed by atoms with Gasteiger partial charge in [0.05, 0.1) is 6.61 Å². The number of aliphatic hydroxyl groups is 2. The van der Waals surface area contributed by atoms with Crippen molar-refractivity contribution in [1.29, 1.82) is 0 Å². The molecule has 5 heteroatoms. The summed E-state index contributed by atoms with van der Waals surface area (Å²) in [5.74, 6) is 0. The van der Waals surface area contributed by atoms with E-state index < -0.39 is 5.60 Å². The molecule has 0 aliphatic carbocycles. The third-order valence-electron chi connectivity index (χ3n) is 3.20. The molecule has 1 heterocycles. The van der Waals surface area contributed by atoms with E-state index in [-0.39, 0.29) is 18.2 Å². The van der Waals surface area contributed by atoms with Crippen LogP contribution in [0.15, 0.2) is 30.3 Å². The lowest BCUT2D eigenvalue weighted by atomic mass is 9.91. The summed E-state index contributed by atoms with van der Waals surface area (Å²) in [6.45, 7) is 6.52. The highest BCUT2D eigenvalue weighted by Crippen LogP contribution is 2.29. The van der Waals surface area contributed by atoms with Crippen molar-refractivity contribution in [3.8, 4) is 0 Å². The number of carbonyl (C=O) groups excluding carboxylic acids is 1. The number of hydrogen-bond acceptors (Lipinski definition) is 5. The third kappa shape index (κ3) is 5.83. The molecule has 21 heavy (non-hydrogen) atoms. The summed E-state index contributed by atoms with van der Waals surface area (Å²) < 4.78 is 4.55. The maximum atomic E-state index is 10.3. The molecule has 0 amide bonds. The van der Waals surface area contributed by atoms with Crippen LogP contribution in [0.1, 0.15) is 32.8 Å². The minimum atomic E-state index is -0.811. The molecule has 0 radical (unpaired) electrons. The molecule has 1 fully saturated rings. The Labute approximate surface area is 125 Å². The summed E-state index contributed by atoms with van der Waals surface area (Å²) >= 11 is 0. The van der Waals surface area contributed by atoms with Crippen molar-refractivity contribution in [1.82, 2.24) is 5.32 Å². The molecule has 0 spiro atoms. The van der Waals surface area contributed by atoms with E-state index in [9.17, 15) is 9.90 Å². The van der Waals surface area contributed by atoms with E-state index in [0.717, 1.165) is 5.56 Å². The smallest absolute Gasteiger partial charge is 0.293 e. The van der Waals surface area contributed by atoms with Gasteiger partial charge in [-0.2, -0.15) is 0 Å². The van der Waals surface area contributed by atoms with Crippen LogP contribution in [0, 0.1) is 0 Å². The highest BCUT2D eigenvalue weighted by Gasteiger charge is 2.37. The monoisotopic (exact) mass is 295 g/mol. The van der Waals surface area contributed by atoms with Gasteiger partial charge in [-0.1, -0.05) is 30.3 Å². The fraction of sp³-hybridized carbons (Fsp3) is 0.562. The van der Waals surface area contributed by atoms with E-state index in [1.165, 1.54) is 0 Å². The fourth-order valence-electron chi connectivity index (χ4n) is 2.11. The molecule has 1 saturated heterocycles. The van der Waals surface area contributed by atoms with Gasteiger partial charge in [0.1, 0.15) is 11.2 Å². The lowest BCUT2D eigenvalue weighted by molar-refractivity contribution is -0.138. The topological polar surface area (TPSA) is 78.8 Å². The van der Waals surface area contributed by atoms with Gasteiger partial charge in [-0.15, -0.1) is 0 Å². The summed E-state index contributed by atoms with van der Waals surface area (Å²) in [7, 11) is 0. The van der Waals surface area contributed by atoms with Crippen LogP contribution in [0.5, 0.6) is 0 Å². The second-order valence-electron chi connectivity index (χ2n) is 6.19. The molecule has 2 atom stereocenters. The molecule has 0 aromatic heterocycles. The first-order chi connectivity index (χ1) is 9.80. The Hall–Kier alpha value is -1.43. The molecule has 118 valence electrons. The van der Waals surface area contributed by atoms with Crippen LogP contribution >= 0.6 is 0 Å². The number of aliphatic hydroxyl groups excluding tert-OH is 1. The van der Waals surface area contributed by atoms with Gasteiger partial charge in [-0.3, -0.25) is 4.79 Å².